The summed E-state index contributed by atoms with van der Waals surface area (Å²) in [5.74, 6) is 1.18. The number of hydrogen-bond donors (Lipinski definition) is 1. The highest BCUT2D eigenvalue weighted by atomic mass is 16.5. The quantitative estimate of drug-likeness (QED) is 0.618. The van der Waals surface area contributed by atoms with Crippen LogP contribution < -0.4 is 4.74 Å². The Hall–Kier alpha value is -1.96. The van der Waals surface area contributed by atoms with E-state index in [2.05, 4.69) is 52.0 Å². The molecule has 2 rings (SSSR count). The van der Waals surface area contributed by atoms with Crippen molar-refractivity contribution in [3.8, 4) is 11.5 Å². The number of hydrogen-bond acceptors (Lipinski definition) is 2. The first kappa shape index (κ1) is 18.4. The lowest BCUT2D eigenvalue weighted by Crippen LogP contribution is -2.32. The van der Waals surface area contributed by atoms with Crippen LogP contribution in [0.25, 0.3) is 6.08 Å². The molecular formula is C22H30O2. The van der Waals surface area contributed by atoms with E-state index in [0.29, 0.717) is 0 Å². The largest absolute Gasteiger partial charge is 0.508 e. The molecule has 1 aliphatic heterocycles. The monoisotopic (exact) mass is 326 g/mol. The molecule has 0 saturated heterocycles. The van der Waals surface area contributed by atoms with Crippen molar-refractivity contribution in [1.29, 1.82) is 0 Å². The fourth-order valence-corrected chi connectivity index (χ4v) is 3.01. The lowest BCUT2D eigenvalue weighted by molar-refractivity contribution is 0.127. The summed E-state index contributed by atoms with van der Waals surface area (Å²) in [5.41, 5.74) is 4.48. The first-order valence-corrected chi connectivity index (χ1v) is 8.80. The first-order chi connectivity index (χ1) is 11.3. The van der Waals surface area contributed by atoms with E-state index in [0.717, 1.165) is 42.6 Å². The molecule has 24 heavy (non-hydrogen) atoms. The van der Waals surface area contributed by atoms with Gasteiger partial charge in [0.25, 0.3) is 0 Å². The van der Waals surface area contributed by atoms with Crippen molar-refractivity contribution in [2.24, 2.45) is 0 Å². The van der Waals surface area contributed by atoms with Crippen LogP contribution in [0.2, 0.25) is 0 Å². The molecule has 0 bridgehead atoms. The molecule has 0 aromatic heterocycles. The molecule has 1 aromatic carbocycles. The van der Waals surface area contributed by atoms with Gasteiger partial charge in [0.15, 0.2) is 0 Å². The van der Waals surface area contributed by atoms with Crippen LogP contribution in [-0.4, -0.2) is 10.7 Å². The molecule has 1 aromatic rings. The van der Waals surface area contributed by atoms with E-state index in [1.807, 2.05) is 6.92 Å². The van der Waals surface area contributed by atoms with Crippen molar-refractivity contribution >= 4 is 6.08 Å². The van der Waals surface area contributed by atoms with Gasteiger partial charge in [-0.15, -0.1) is 0 Å². The SMILES string of the molecule is CC(C)=CCC/C(C)=C/CCC1(C)C=Cc2cc(O)cc(C)c2O1. The summed E-state index contributed by atoms with van der Waals surface area (Å²) in [6.07, 6.45) is 13.0. The number of benzene rings is 1. The Morgan fingerprint density at radius 3 is 2.62 bits per heavy atom. The lowest BCUT2D eigenvalue weighted by Gasteiger charge is -2.32. The molecule has 1 heterocycles. The van der Waals surface area contributed by atoms with E-state index in [-0.39, 0.29) is 11.4 Å². The summed E-state index contributed by atoms with van der Waals surface area (Å²) in [6.45, 7) is 10.6. The van der Waals surface area contributed by atoms with Crippen molar-refractivity contribution in [3.05, 3.63) is 52.6 Å². The summed E-state index contributed by atoms with van der Waals surface area (Å²) in [5, 5.41) is 9.71. The van der Waals surface area contributed by atoms with E-state index in [9.17, 15) is 5.11 Å². The lowest BCUT2D eigenvalue weighted by atomic mass is 9.93. The molecule has 0 saturated carbocycles. The zero-order valence-corrected chi connectivity index (χ0v) is 15.6. The molecule has 1 aliphatic rings. The molecule has 0 aliphatic carbocycles. The van der Waals surface area contributed by atoms with Crippen LogP contribution in [0.4, 0.5) is 0 Å². The minimum Gasteiger partial charge on any atom is -0.508 e. The fraction of sp³-hybridized carbons (Fsp3) is 0.455. The smallest absolute Gasteiger partial charge is 0.131 e. The van der Waals surface area contributed by atoms with Crippen molar-refractivity contribution in [1.82, 2.24) is 0 Å². The predicted molar refractivity (Wildman–Crippen MR) is 103 cm³/mol. The van der Waals surface area contributed by atoms with Crippen LogP contribution in [0.15, 0.2) is 41.5 Å². The first-order valence-electron chi connectivity index (χ1n) is 8.80. The van der Waals surface area contributed by atoms with Gasteiger partial charge in [-0.2, -0.15) is 0 Å². The molecule has 0 spiro atoms. The molecule has 130 valence electrons. The topological polar surface area (TPSA) is 29.5 Å². The third kappa shape index (κ3) is 5.02. The maximum Gasteiger partial charge on any atom is 0.131 e. The van der Waals surface area contributed by atoms with Gasteiger partial charge in [0.1, 0.15) is 17.1 Å². The van der Waals surface area contributed by atoms with Gasteiger partial charge in [-0.05, 0) is 84.1 Å². The highest BCUT2D eigenvalue weighted by molar-refractivity contribution is 5.65. The maximum absolute atomic E-state index is 9.71. The molecule has 0 radical (unpaired) electrons. The van der Waals surface area contributed by atoms with Gasteiger partial charge in [0.2, 0.25) is 0 Å². The molecule has 2 nitrogen and oxygen atoms in total. The standard InChI is InChI=1S/C22H30O2/c1-16(2)8-6-9-17(3)10-7-12-22(5)13-11-19-15-20(23)14-18(4)21(19)24-22/h8,10-11,13-15,23H,6-7,9,12H2,1-5H3/b17-10+. The molecule has 2 heteroatoms. The van der Waals surface area contributed by atoms with Gasteiger partial charge >= 0.3 is 0 Å². The average Bonchev–Trinajstić information content (AvgIpc) is 2.48. The predicted octanol–water partition coefficient (Wildman–Crippen LogP) is 6.34. The van der Waals surface area contributed by atoms with Crippen LogP contribution in [0.1, 0.15) is 64.5 Å². The molecule has 1 atom stereocenters. The molecular weight excluding hydrogens is 296 g/mol. The van der Waals surface area contributed by atoms with Gasteiger partial charge in [0.05, 0.1) is 0 Å². The summed E-state index contributed by atoms with van der Waals surface area (Å²) >= 11 is 0. The van der Waals surface area contributed by atoms with E-state index in [1.165, 1.54) is 11.1 Å². The minimum absolute atomic E-state index is 0.286. The zero-order chi connectivity index (χ0) is 17.7. The van der Waals surface area contributed by atoms with Crippen LogP contribution in [0.3, 0.4) is 0 Å². The summed E-state index contributed by atoms with van der Waals surface area (Å²) in [4.78, 5) is 0. The number of phenolic OH excluding ortho intramolecular Hbond substituents is 1. The Labute approximate surface area is 146 Å². The Balaban J connectivity index is 1.95. The van der Waals surface area contributed by atoms with Crippen LogP contribution in [-0.2, 0) is 0 Å². The number of phenols is 1. The highest BCUT2D eigenvalue weighted by Crippen LogP contribution is 2.38. The fourth-order valence-electron chi connectivity index (χ4n) is 3.01. The normalized spacial score (nSPS) is 19.6. The second kappa shape index (κ2) is 7.74. The second-order valence-electron chi connectivity index (χ2n) is 7.34. The van der Waals surface area contributed by atoms with E-state index in [1.54, 1.807) is 12.1 Å². The number of fused-ring (bicyclic) bond motifs is 1. The number of rotatable bonds is 6. The molecule has 1 N–H and O–H groups in total. The van der Waals surface area contributed by atoms with Crippen molar-refractivity contribution in [2.75, 3.05) is 0 Å². The number of aromatic hydroxyl groups is 1. The van der Waals surface area contributed by atoms with Crippen molar-refractivity contribution in [2.45, 2.75) is 65.9 Å². The van der Waals surface area contributed by atoms with Crippen LogP contribution in [0, 0.1) is 6.92 Å². The van der Waals surface area contributed by atoms with Crippen molar-refractivity contribution in [3.63, 3.8) is 0 Å². The zero-order valence-electron chi connectivity index (χ0n) is 15.6. The number of aryl methyl sites for hydroxylation is 1. The number of allylic oxidation sites excluding steroid dienone is 4. The van der Waals surface area contributed by atoms with Crippen molar-refractivity contribution < 1.29 is 9.84 Å². The highest BCUT2D eigenvalue weighted by Gasteiger charge is 2.27. The van der Waals surface area contributed by atoms with Crippen LogP contribution >= 0.6 is 0 Å². The average molecular weight is 326 g/mol. The maximum atomic E-state index is 9.71. The van der Waals surface area contributed by atoms with E-state index < -0.39 is 0 Å². The van der Waals surface area contributed by atoms with E-state index in [4.69, 9.17) is 4.74 Å². The third-order valence-corrected chi connectivity index (χ3v) is 4.46. The van der Waals surface area contributed by atoms with Gasteiger partial charge in [-0.1, -0.05) is 29.4 Å². The van der Waals surface area contributed by atoms with Crippen LogP contribution in [0.5, 0.6) is 11.5 Å². The summed E-state index contributed by atoms with van der Waals surface area (Å²) in [7, 11) is 0. The second-order valence-corrected chi connectivity index (χ2v) is 7.34. The number of ether oxygens (including phenoxy) is 1. The molecule has 1 unspecified atom stereocenters. The molecule has 0 fully saturated rings. The summed E-state index contributed by atoms with van der Waals surface area (Å²) in [6, 6.07) is 3.51. The Morgan fingerprint density at radius 2 is 1.92 bits per heavy atom. The summed E-state index contributed by atoms with van der Waals surface area (Å²) < 4.78 is 6.26. The van der Waals surface area contributed by atoms with Gasteiger partial charge in [-0.25, -0.2) is 0 Å². The van der Waals surface area contributed by atoms with Gasteiger partial charge in [-0.3, -0.25) is 0 Å². The van der Waals surface area contributed by atoms with Gasteiger partial charge in [0, 0.05) is 5.56 Å². The molecule has 0 amide bonds. The third-order valence-electron chi connectivity index (χ3n) is 4.46. The minimum atomic E-state index is -0.286. The Kier molecular flexibility index (Phi) is 5.93. The van der Waals surface area contributed by atoms with Gasteiger partial charge < -0.3 is 9.84 Å². The Bertz CT molecular complexity index is 675. The Morgan fingerprint density at radius 1 is 1.17 bits per heavy atom. The van der Waals surface area contributed by atoms with E-state index >= 15 is 0 Å².